The molecule has 6 nitrogen and oxygen atoms in total. The summed E-state index contributed by atoms with van der Waals surface area (Å²) in [6.45, 7) is 6.18. The number of nitro groups is 1. The van der Waals surface area contributed by atoms with Gasteiger partial charge in [-0.05, 0) is 32.9 Å². The molecule has 1 rings (SSSR count). The van der Waals surface area contributed by atoms with Gasteiger partial charge in [-0.3, -0.25) is 10.1 Å². The Labute approximate surface area is 111 Å². The number of nitrogens with zero attached hydrogens (tertiary/aromatic N) is 1. The van der Waals surface area contributed by atoms with Gasteiger partial charge in [0.2, 0.25) is 0 Å². The fourth-order valence-electron chi connectivity index (χ4n) is 1.28. The van der Waals surface area contributed by atoms with Gasteiger partial charge in [0.05, 0.1) is 22.7 Å². The van der Waals surface area contributed by atoms with Crippen LogP contribution in [0.1, 0.15) is 31.1 Å². The van der Waals surface area contributed by atoms with E-state index < -0.39 is 10.9 Å². The van der Waals surface area contributed by atoms with Crippen molar-refractivity contribution in [2.75, 3.05) is 13.2 Å². The summed E-state index contributed by atoms with van der Waals surface area (Å²) in [5.74, 6) is -0.521. The second-order valence-electron chi connectivity index (χ2n) is 4.90. The zero-order valence-electron chi connectivity index (χ0n) is 11.2. The van der Waals surface area contributed by atoms with Crippen molar-refractivity contribution in [2.45, 2.75) is 26.4 Å². The maximum Gasteiger partial charge on any atom is 0.338 e. The molecule has 0 saturated carbocycles. The minimum atomic E-state index is -0.522. The number of non-ortho nitro benzene ring substituents is 1. The fraction of sp³-hybridized carbons (Fsp3) is 0.462. The van der Waals surface area contributed by atoms with Crippen LogP contribution >= 0.6 is 0 Å². The van der Waals surface area contributed by atoms with Crippen LogP contribution < -0.4 is 0 Å². The smallest absolute Gasteiger partial charge is 0.338 e. The van der Waals surface area contributed by atoms with Crippen molar-refractivity contribution in [3.63, 3.8) is 0 Å². The van der Waals surface area contributed by atoms with E-state index in [0.29, 0.717) is 6.61 Å². The molecule has 0 saturated heterocycles. The minimum absolute atomic E-state index is 0.0624. The number of esters is 1. The van der Waals surface area contributed by atoms with Crippen molar-refractivity contribution in [3.05, 3.63) is 39.9 Å². The van der Waals surface area contributed by atoms with E-state index in [1.165, 1.54) is 24.3 Å². The third-order valence-electron chi connectivity index (χ3n) is 2.17. The molecule has 104 valence electrons. The Morgan fingerprint density at radius 2 is 1.79 bits per heavy atom. The number of carbonyl (C=O) groups is 1. The topological polar surface area (TPSA) is 78.7 Å². The highest BCUT2D eigenvalue weighted by molar-refractivity contribution is 5.89. The summed E-state index contributed by atoms with van der Waals surface area (Å²) in [5.41, 5.74) is -0.0614. The van der Waals surface area contributed by atoms with Gasteiger partial charge >= 0.3 is 5.97 Å². The number of benzene rings is 1. The fourth-order valence-corrected chi connectivity index (χ4v) is 1.28. The summed E-state index contributed by atoms with van der Waals surface area (Å²) in [4.78, 5) is 21.5. The second-order valence-corrected chi connectivity index (χ2v) is 4.90. The van der Waals surface area contributed by atoms with Gasteiger partial charge in [-0.15, -0.1) is 0 Å². The molecule has 0 aromatic heterocycles. The molecule has 0 amide bonds. The Morgan fingerprint density at radius 3 is 2.26 bits per heavy atom. The van der Waals surface area contributed by atoms with Crippen LogP contribution in [-0.4, -0.2) is 29.7 Å². The number of hydrogen-bond acceptors (Lipinski definition) is 5. The van der Waals surface area contributed by atoms with Crippen LogP contribution in [0.4, 0.5) is 5.69 Å². The normalized spacial score (nSPS) is 11.1. The third-order valence-corrected chi connectivity index (χ3v) is 2.17. The summed E-state index contributed by atoms with van der Waals surface area (Å²) in [7, 11) is 0. The van der Waals surface area contributed by atoms with Gasteiger partial charge in [0.1, 0.15) is 6.61 Å². The average molecular weight is 267 g/mol. The monoisotopic (exact) mass is 267 g/mol. The number of nitro benzene ring substituents is 1. The van der Waals surface area contributed by atoms with Crippen molar-refractivity contribution < 1.29 is 19.2 Å². The van der Waals surface area contributed by atoms with Crippen LogP contribution in [0.2, 0.25) is 0 Å². The van der Waals surface area contributed by atoms with E-state index in [2.05, 4.69) is 0 Å². The maximum atomic E-state index is 11.6. The lowest BCUT2D eigenvalue weighted by molar-refractivity contribution is -0.384. The number of hydrogen-bond donors (Lipinski definition) is 0. The number of rotatable bonds is 5. The molecule has 0 aliphatic carbocycles. The van der Waals surface area contributed by atoms with Crippen LogP contribution in [0.3, 0.4) is 0 Å². The van der Waals surface area contributed by atoms with Gasteiger partial charge in [-0.2, -0.15) is 0 Å². The first-order valence-corrected chi connectivity index (χ1v) is 5.85. The second kappa shape index (κ2) is 6.29. The first kappa shape index (κ1) is 15.1. The molecule has 19 heavy (non-hydrogen) atoms. The predicted octanol–water partition coefficient (Wildman–Crippen LogP) is 2.57. The standard InChI is InChI=1S/C13H17NO5/c1-13(2,3)19-9-8-18-12(15)10-4-6-11(7-5-10)14(16)17/h4-7H,8-9H2,1-3H3. The molecule has 1 aromatic rings. The molecule has 0 unspecified atom stereocenters. The summed E-state index contributed by atoms with van der Waals surface area (Å²) in [6.07, 6.45) is 0. The molecule has 1 aromatic carbocycles. The molecule has 0 fully saturated rings. The highest BCUT2D eigenvalue weighted by Crippen LogP contribution is 2.12. The molecule has 0 bridgehead atoms. The van der Waals surface area contributed by atoms with Crippen LogP contribution in [0.15, 0.2) is 24.3 Å². The van der Waals surface area contributed by atoms with Crippen molar-refractivity contribution in [1.29, 1.82) is 0 Å². The number of carbonyl (C=O) groups excluding carboxylic acids is 1. The van der Waals surface area contributed by atoms with Gasteiger partial charge in [-0.1, -0.05) is 0 Å². The molecule has 6 heteroatoms. The third kappa shape index (κ3) is 5.48. The Balaban J connectivity index is 2.43. The average Bonchev–Trinajstić information content (AvgIpc) is 2.33. The van der Waals surface area contributed by atoms with Crippen LogP contribution in [0, 0.1) is 10.1 Å². The van der Waals surface area contributed by atoms with E-state index in [-0.39, 0.29) is 23.5 Å². The van der Waals surface area contributed by atoms with E-state index in [9.17, 15) is 14.9 Å². The van der Waals surface area contributed by atoms with Crippen molar-refractivity contribution in [1.82, 2.24) is 0 Å². The molecular formula is C13H17NO5. The SMILES string of the molecule is CC(C)(C)OCCOC(=O)c1ccc([N+](=O)[O-])cc1. The van der Waals surface area contributed by atoms with E-state index in [0.717, 1.165) is 0 Å². The lowest BCUT2D eigenvalue weighted by atomic mass is 10.2. The van der Waals surface area contributed by atoms with E-state index in [4.69, 9.17) is 9.47 Å². The van der Waals surface area contributed by atoms with Crippen molar-refractivity contribution >= 4 is 11.7 Å². The first-order valence-electron chi connectivity index (χ1n) is 5.85. The van der Waals surface area contributed by atoms with E-state index >= 15 is 0 Å². The predicted molar refractivity (Wildman–Crippen MR) is 69.1 cm³/mol. The Morgan fingerprint density at radius 1 is 1.21 bits per heavy atom. The molecular weight excluding hydrogens is 250 g/mol. The van der Waals surface area contributed by atoms with Gasteiger partial charge in [0.15, 0.2) is 0 Å². The Kier molecular flexibility index (Phi) is 5.00. The van der Waals surface area contributed by atoms with Crippen LogP contribution in [0.5, 0.6) is 0 Å². The molecule has 0 N–H and O–H groups in total. The van der Waals surface area contributed by atoms with Crippen molar-refractivity contribution in [3.8, 4) is 0 Å². The van der Waals surface area contributed by atoms with Gasteiger partial charge < -0.3 is 9.47 Å². The lowest BCUT2D eigenvalue weighted by Gasteiger charge is -2.19. The van der Waals surface area contributed by atoms with Gasteiger partial charge in [0.25, 0.3) is 5.69 Å². The largest absolute Gasteiger partial charge is 0.460 e. The number of ether oxygens (including phenoxy) is 2. The first-order chi connectivity index (χ1) is 8.79. The highest BCUT2D eigenvalue weighted by atomic mass is 16.6. The maximum absolute atomic E-state index is 11.6. The van der Waals surface area contributed by atoms with Crippen molar-refractivity contribution in [2.24, 2.45) is 0 Å². The molecule has 0 spiro atoms. The van der Waals surface area contributed by atoms with Crippen LogP contribution in [0.25, 0.3) is 0 Å². The summed E-state index contributed by atoms with van der Waals surface area (Å²) >= 11 is 0. The Hall–Kier alpha value is -1.95. The van der Waals surface area contributed by atoms with E-state index in [1.807, 2.05) is 20.8 Å². The zero-order chi connectivity index (χ0) is 14.5. The molecule has 0 atom stereocenters. The molecule has 0 aliphatic heterocycles. The Bertz CT molecular complexity index is 447. The van der Waals surface area contributed by atoms with E-state index in [1.54, 1.807) is 0 Å². The summed E-state index contributed by atoms with van der Waals surface area (Å²) in [5, 5.41) is 10.5. The minimum Gasteiger partial charge on any atom is -0.460 e. The lowest BCUT2D eigenvalue weighted by Crippen LogP contribution is -2.22. The zero-order valence-corrected chi connectivity index (χ0v) is 11.2. The summed E-state index contributed by atoms with van der Waals surface area (Å²) in [6, 6.07) is 5.26. The molecule has 0 aliphatic rings. The van der Waals surface area contributed by atoms with Gasteiger partial charge in [-0.25, -0.2) is 4.79 Å². The van der Waals surface area contributed by atoms with Gasteiger partial charge in [0, 0.05) is 12.1 Å². The summed E-state index contributed by atoms with van der Waals surface area (Å²) < 4.78 is 10.4. The quantitative estimate of drug-likeness (QED) is 0.354. The molecule has 0 heterocycles. The van der Waals surface area contributed by atoms with Crippen LogP contribution in [-0.2, 0) is 9.47 Å². The molecule has 0 radical (unpaired) electrons. The highest BCUT2D eigenvalue weighted by Gasteiger charge is 2.12.